The third-order valence-corrected chi connectivity index (χ3v) is 3.98. The second-order valence-electron chi connectivity index (χ2n) is 7.10. The molecule has 0 saturated heterocycles. The van der Waals surface area contributed by atoms with Gasteiger partial charge in [-0.25, -0.2) is 0 Å². The number of hydrogen-bond donors (Lipinski definition) is 3. The van der Waals surface area contributed by atoms with E-state index in [0.29, 0.717) is 19.0 Å². The molecule has 5 heteroatoms. The van der Waals surface area contributed by atoms with Gasteiger partial charge in [0.05, 0.1) is 24.9 Å². The van der Waals surface area contributed by atoms with Crippen molar-refractivity contribution < 1.29 is 24.8 Å². The monoisotopic (exact) mass is 348 g/mol. The molecule has 1 atom stereocenters. The van der Waals surface area contributed by atoms with Crippen LogP contribution < -0.4 is 0 Å². The molecule has 0 aromatic rings. The van der Waals surface area contributed by atoms with E-state index in [1.807, 2.05) is 0 Å². The highest BCUT2D eigenvalue weighted by Gasteiger charge is 2.16. The Hall–Kier alpha value is -0.200. The van der Waals surface area contributed by atoms with E-state index in [1.54, 1.807) is 13.8 Å². The second-order valence-corrected chi connectivity index (χ2v) is 7.10. The Morgan fingerprint density at radius 2 is 1.04 bits per heavy atom. The van der Waals surface area contributed by atoms with Gasteiger partial charge >= 0.3 is 0 Å². The van der Waals surface area contributed by atoms with Crippen LogP contribution in [0.2, 0.25) is 0 Å². The Balaban J connectivity index is 0.000000492. The molecule has 0 bridgehead atoms. The van der Waals surface area contributed by atoms with Crippen LogP contribution in [0.25, 0.3) is 0 Å². The van der Waals surface area contributed by atoms with Crippen LogP contribution in [0, 0.1) is 0 Å². The summed E-state index contributed by atoms with van der Waals surface area (Å²) in [6, 6.07) is 0. The molecule has 0 spiro atoms. The van der Waals surface area contributed by atoms with E-state index in [0.717, 1.165) is 0 Å². The Morgan fingerprint density at radius 1 is 0.750 bits per heavy atom. The maximum Gasteiger partial charge on any atom is 0.147 e. The van der Waals surface area contributed by atoms with Gasteiger partial charge < -0.3 is 24.8 Å². The van der Waals surface area contributed by atoms with Gasteiger partial charge in [-0.2, -0.15) is 0 Å². The van der Waals surface area contributed by atoms with Crippen molar-refractivity contribution in [1.29, 1.82) is 0 Å². The van der Waals surface area contributed by atoms with Crippen LogP contribution in [0.15, 0.2) is 0 Å². The van der Waals surface area contributed by atoms with Crippen molar-refractivity contribution in [3.05, 3.63) is 0 Å². The van der Waals surface area contributed by atoms with Gasteiger partial charge in [0, 0.05) is 6.10 Å². The predicted octanol–water partition coefficient (Wildman–Crippen LogP) is 3.39. The minimum atomic E-state index is -0.560. The van der Waals surface area contributed by atoms with Gasteiger partial charge in [0.25, 0.3) is 0 Å². The third-order valence-electron chi connectivity index (χ3n) is 3.98. The number of hydrogen-bond acceptors (Lipinski definition) is 5. The summed E-state index contributed by atoms with van der Waals surface area (Å²) in [6.07, 6.45) is 13.4. The molecule has 2 rings (SSSR count). The van der Waals surface area contributed by atoms with E-state index >= 15 is 0 Å². The highest BCUT2D eigenvalue weighted by Crippen LogP contribution is 2.22. The molecule has 1 unspecified atom stereocenters. The van der Waals surface area contributed by atoms with Crippen LogP contribution in [0.1, 0.15) is 85.0 Å². The molecule has 146 valence electrons. The lowest BCUT2D eigenvalue weighted by molar-refractivity contribution is -0.131. The first-order valence-electron chi connectivity index (χ1n) is 9.65. The highest BCUT2D eigenvalue weighted by molar-refractivity contribution is 4.66. The average molecular weight is 349 g/mol. The zero-order valence-electron chi connectivity index (χ0n) is 16.0. The lowest BCUT2D eigenvalue weighted by Gasteiger charge is -2.25. The van der Waals surface area contributed by atoms with Crippen molar-refractivity contribution in [3.8, 4) is 0 Å². The summed E-state index contributed by atoms with van der Waals surface area (Å²) in [5, 5.41) is 24.1. The van der Waals surface area contributed by atoms with Crippen LogP contribution in [0.3, 0.4) is 0 Å². The largest absolute Gasteiger partial charge is 0.394 e. The first-order valence-corrected chi connectivity index (χ1v) is 9.65. The molecule has 0 radical (unpaired) electrons. The maximum absolute atomic E-state index is 8.11. The fraction of sp³-hybridized carbons (Fsp3) is 1.00. The van der Waals surface area contributed by atoms with E-state index in [4.69, 9.17) is 24.8 Å². The summed E-state index contributed by atoms with van der Waals surface area (Å²) in [5.41, 5.74) is 0. The van der Waals surface area contributed by atoms with E-state index in [9.17, 15) is 0 Å². The topological polar surface area (TPSA) is 79.2 Å². The smallest absolute Gasteiger partial charge is 0.147 e. The summed E-state index contributed by atoms with van der Waals surface area (Å²) < 4.78 is 11.5. The number of aliphatic hydroxyl groups excluding tert-OH is 3. The summed E-state index contributed by atoms with van der Waals surface area (Å²) in [5.74, 6) is 0. The molecule has 0 aliphatic heterocycles. The normalized spacial score (nSPS) is 20.6. The van der Waals surface area contributed by atoms with Gasteiger partial charge in [-0.3, -0.25) is 0 Å². The summed E-state index contributed by atoms with van der Waals surface area (Å²) in [7, 11) is 0. The van der Waals surface area contributed by atoms with Crippen LogP contribution in [-0.2, 0) is 9.47 Å². The van der Waals surface area contributed by atoms with Gasteiger partial charge in [-0.05, 0) is 46.5 Å². The first kappa shape index (κ1) is 23.8. The fourth-order valence-corrected chi connectivity index (χ4v) is 2.70. The number of rotatable bonds is 5. The molecule has 2 aliphatic carbocycles. The molecule has 2 aliphatic rings. The zero-order chi connectivity index (χ0) is 18.2. The summed E-state index contributed by atoms with van der Waals surface area (Å²) in [6.45, 7) is 5.37. The van der Waals surface area contributed by atoms with Crippen molar-refractivity contribution in [1.82, 2.24) is 0 Å². The Bertz CT molecular complexity index is 225. The van der Waals surface area contributed by atoms with Crippen molar-refractivity contribution in [2.45, 2.75) is 109 Å². The standard InChI is InChI=1S/C13H24O2.C3H8O2.C3H8O/c1-3-7-12(8-4-1)14-11-15-13-9-5-2-6-10-13;1-3(5)2-4;1-3(2)4/h12-13H,1-11H2;3-5H,2H2,1H3;3-4H,1-2H3. The molecular weight excluding hydrogens is 308 g/mol. The number of ether oxygens (including phenoxy) is 2. The summed E-state index contributed by atoms with van der Waals surface area (Å²) >= 11 is 0. The second kappa shape index (κ2) is 16.3. The lowest BCUT2D eigenvalue weighted by atomic mass is 9.98. The third kappa shape index (κ3) is 16.7. The molecule has 0 amide bonds. The molecule has 2 saturated carbocycles. The van der Waals surface area contributed by atoms with Crippen molar-refractivity contribution in [3.63, 3.8) is 0 Å². The highest BCUT2D eigenvalue weighted by atomic mass is 16.7. The van der Waals surface area contributed by atoms with Crippen LogP contribution in [-0.4, -0.2) is 53.1 Å². The lowest BCUT2D eigenvalue weighted by Crippen LogP contribution is -2.23. The van der Waals surface area contributed by atoms with Crippen LogP contribution >= 0.6 is 0 Å². The van der Waals surface area contributed by atoms with E-state index in [-0.39, 0.29) is 12.7 Å². The van der Waals surface area contributed by atoms with Crippen molar-refractivity contribution in [2.24, 2.45) is 0 Å². The minimum Gasteiger partial charge on any atom is -0.394 e. The molecule has 0 heterocycles. The van der Waals surface area contributed by atoms with Crippen molar-refractivity contribution in [2.75, 3.05) is 13.4 Å². The van der Waals surface area contributed by atoms with Crippen LogP contribution in [0.5, 0.6) is 0 Å². The van der Waals surface area contributed by atoms with Gasteiger partial charge in [-0.1, -0.05) is 38.5 Å². The molecule has 0 aromatic heterocycles. The SMILES string of the molecule is C1CCC(OCOC2CCCCC2)CC1.CC(C)O.CC(O)CO. The predicted molar refractivity (Wildman–Crippen MR) is 96.9 cm³/mol. The Labute approximate surface area is 148 Å². The van der Waals surface area contributed by atoms with E-state index < -0.39 is 6.10 Å². The van der Waals surface area contributed by atoms with Gasteiger partial charge in [0.1, 0.15) is 6.79 Å². The molecule has 3 N–H and O–H groups in total. The molecule has 2 fully saturated rings. The average Bonchev–Trinajstić information content (AvgIpc) is 2.57. The molecule has 0 aromatic carbocycles. The van der Waals surface area contributed by atoms with Gasteiger partial charge in [0.15, 0.2) is 0 Å². The number of aliphatic hydroxyl groups is 3. The zero-order valence-corrected chi connectivity index (χ0v) is 16.0. The Morgan fingerprint density at radius 3 is 1.29 bits per heavy atom. The Kier molecular flexibility index (Phi) is 16.1. The van der Waals surface area contributed by atoms with E-state index in [1.165, 1.54) is 71.1 Å². The van der Waals surface area contributed by atoms with Gasteiger partial charge in [-0.15, -0.1) is 0 Å². The maximum atomic E-state index is 8.11. The minimum absolute atomic E-state index is 0.139. The molecule has 5 nitrogen and oxygen atoms in total. The quantitative estimate of drug-likeness (QED) is 0.664. The summed E-state index contributed by atoms with van der Waals surface area (Å²) in [4.78, 5) is 0. The molecule has 24 heavy (non-hydrogen) atoms. The molecular formula is C19H40O5. The van der Waals surface area contributed by atoms with Crippen molar-refractivity contribution >= 4 is 0 Å². The first-order chi connectivity index (χ1) is 11.5. The van der Waals surface area contributed by atoms with E-state index in [2.05, 4.69) is 0 Å². The van der Waals surface area contributed by atoms with Crippen LogP contribution in [0.4, 0.5) is 0 Å². The van der Waals surface area contributed by atoms with Gasteiger partial charge in [0.2, 0.25) is 0 Å². The fourth-order valence-electron chi connectivity index (χ4n) is 2.70.